The monoisotopic (exact) mass is 273 g/mol. The average Bonchev–Trinajstić information content (AvgIpc) is 3.08. The Morgan fingerprint density at radius 2 is 1.90 bits per heavy atom. The summed E-state index contributed by atoms with van der Waals surface area (Å²) in [7, 11) is 3.99. The molecule has 1 aliphatic heterocycles. The van der Waals surface area contributed by atoms with Gasteiger partial charge in [-0.25, -0.2) is 0 Å². The summed E-state index contributed by atoms with van der Waals surface area (Å²) in [6.07, 6.45) is 6.07. The van der Waals surface area contributed by atoms with Crippen LogP contribution in [0, 0.1) is 0 Å². The van der Waals surface area contributed by atoms with E-state index in [4.69, 9.17) is 9.47 Å². The van der Waals surface area contributed by atoms with Crippen molar-refractivity contribution in [2.45, 2.75) is 24.7 Å². The van der Waals surface area contributed by atoms with Gasteiger partial charge in [-0.05, 0) is 24.5 Å². The molecule has 0 bridgehead atoms. The second-order valence-electron chi connectivity index (χ2n) is 5.42. The molecule has 1 heterocycles. The summed E-state index contributed by atoms with van der Waals surface area (Å²) in [5, 5.41) is 11.0. The molecule has 1 unspecified atom stereocenters. The van der Waals surface area contributed by atoms with Gasteiger partial charge in [-0.2, -0.15) is 0 Å². The second-order valence-corrected chi connectivity index (χ2v) is 5.42. The van der Waals surface area contributed by atoms with Gasteiger partial charge < -0.3 is 19.5 Å². The van der Waals surface area contributed by atoms with E-state index in [1.807, 2.05) is 49.3 Å². The zero-order valence-electron chi connectivity index (χ0n) is 11.7. The van der Waals surface area contributed by atoms with Crippen molar-refractivity contribution in [3.8, 4) is 0 Å². The normalized spacial score (nSPS) is 25.2. The fourth-order valence-electron chi connectivity index (χ4n) is 2.79. The summed E-state index contributed by atoms with van der Waals surface area (Å²) in [5.74, 6) is 0. The van der Waals surface area contributed by atoms with Gasteiger partial charge in [-0.3, -0.25) is 0 Å². The van der Waals surface area contributed by atoms with Crippen molar-refractivity contribution in [2.24, 2.45) is 0 Å². The highest BCUT2D eigenvalue weighted by molar-refractivity contribution is 5.39. The van der Waals surface area contributed by atoms with E-state index in [-0.39, 0.29) is 0 Å². The predicted molar refractivity (Wildman–Crippen MR) is 75.4 cm³/mol. The number of allylic oxidation sites excluding steroid dienone is 1. The summed E-state index contributed by atoms with van der Waals surface area (Å²) < 4.78 is 10.8. The number of nitrogens with zero attached hydrogens (tertiary/aromatic N) is 1. The van der Waals surface area contributed by atoms with Crippen LogP contribution in [0.1, 0.15) is 30.3 Å². The Bertz CT molecular complexity index is 557. The van der Waals surface area contributed by atoms with Crippen LogP contribution in [-0.4, -0.2) is 24.1 Å². The minimum absolute atomic E-state index is 0.466. The highest BCUT2D eigenvalue weighted by atomic mass is 16.7. The largest absolute Gasteiger partial charge is 0.455 e. The highest BCUT2D eigenvalue weighted by Crippen LogP contribution is 2.41. The van der Waals surface area contributed by atoms with Gasteiger partial charge in [0.2, 0.25) is 0 Å². The zero-order valence-corrected chi connectivity index (χ0v) is 11.7. The Kier molecular flexibility index (Phi) is 3.18. The first-order valence-corrected chi connectivity index (χ1v) is 6.77. The van der Waals surface area contributed by atoms with Crippen LogP contribution in [-0.2, 0) is 15.1 Å². The Morgan fingerprint density at radius 3 is 2.55 bits per heavy atom. The third-order valence-corrected chi connectivity index (χ3v) is 3.88. The van der Waals surface area contributed by atoms with Crippen molar-refractivity contribution in [2.75, 3.05) is 14.1 Å². The summed E-state index contributed by atoms with van der Waals surface area (Å²) in [4.78, 5) is 2.05. The van der Waals surface area contributed by atoms with E-state index in [0.29, 0.717) is 6.42 Å². The van der Waals surface area contributed by atoms with Gasteiger partial charge in [-0.1, -0.05) is 24.3 Å². The first-order chi connectivity index (χ1) is 9.60. The number of rotatable bonds is 3. The van der Waals surface area contributed by atoms with Crippen LogP contribution in [0.4, 0.5) is 0 Å². The van der Waals surface area contributed by atoms with Gasteiger partial charge >= 0.3 is 0 Å². The van der Waals surface area contributed by atoms with E-state index in [2.05, 4.69) is 0 Å². The third kappa shape index (κ3) is 2.16. The van der Waals surface area contributed by atoms with E-state index < -0.39 is 11.9 Å². The van der Waals surface area contributed by atoms with E-state index in [0.717, 1.165) is 23.2 Å². The molecule has 1 aromatic rings. The summed E-state index contributed by atoms with van der Waals surface area (Å²) in [5.41, 5.74) is 1.92. The molecular weight excluding hydrogens is 254 g/mol. The van der Waals surface area contributed by atoms with Crippen molar-refractivity contribution in [3.63, 3.8) is 0 Å². The number of hydrogen-bond donors (Lipinski definition) is 1. The molecule has 0 spiro atoms. The average molecular weight is 273 g/mol. The lowest BCUT2D eigenvalue weighted by molar-refractivity contribution is -0.0288. The van der Waals surface area contributed by atoms with Gasteiger partial charge in [0.15, 0.2) is 0 Å². The maximum atomic E-state index is 11.0. The van der Waals surface area contributed by atoms with Gasteiger partial charge in [0, 0.05) is 25.4 Å². The SMILES string of the molecule is CN(C)C1=CC(O)(c2ccccc2C2OC=CO2)CC1. The first kappa shape index (κ1) is 13.1. The standard InChI is InChI=1S/C16H19NO3/c1-17(2)12-7-8-16(18,11-12)14-6-4-3-5-13(14)15-19-9-10-20-15/h3-6,9-11,15,18H,7-8H2,1-2H3. The topological polar surface area (TPSA) is 41.9 Å². The van der Waals surface area contributed by atoms with E-state index in [1.54, 1.807) is 0 Å². The maximum Gasteiger partial charge on any atom is 0.266 e. The first-order valence-electron chi connectivity index (χ1n) is 6.77. The molecule has 2 aliphatic rings. The molecule has 0 saturated carbocycles. The molecule has 106 valence electrons. The van der Waals surface area contributed by atoms with E-state index in [1.165, 1.54) is 12.5 Å². The summed E-state index contributed by atoms with van der Waals surface area (Å²) >= 11 is 0. The molecule has 0 saturated heterocycles. The molecule has 0 fully saturated rings. The Morgan fingerprint density at radius 1 is 1.20 bits per heavy atom. The van der Waals surface area contributed by atoms with Crippen molar-refractivity contribution >= 4 is 0 Å². The lowest BCUT2D eigenvalue weighted by atomic mass is 9.89. The molecule has 1 atom stereocenters. The molecule has 1 aliphatic carbocycles. The maximum absolute atomic E-state index is 11.0. The molecule has 4 nitrogen and oxygen atoms in total. The van der Waals surface area contributed by atoms with Crippen LogP contribution >= 0.6 is 0 Å². The van der Waals surface area contributed by atoms with Crippen LogP contribution in [0.3, 0.4) is 0 Å². The minimum atomic E-state index is -0.953. The fraction of sp³-hybridized carbons (Fsp3) is 0.375. The van der Waals surface area contributed by atoms with E-state index >= 15 is 0 Å². The Balaban J connectivity index is 1.98. The minimum Gasteiger partial charge on any atom is -0.455 e. The van der Waals surface area contributed by atoms with Crippen molar-refractivity contribution in [3.05, 3.63) is 59.7 Å². The van der Waals surface area contributed by atoms with Crippen LogP contribution < -0.4 is 0 Å². The van der Waals surface area contributed by atoms with Crippen molar-refractivity contribution in [1.29, 1.82) is 0 Å². The Labute approximate surface area is 118 Å². The lowest BCUT2D eigenvalue weighted by Gasteiger charge is -2.25. The molecule has 20 heavy (non-hydrogen) atoms. The van der Waals surface area contributed by atoms with Gasteiger partial charge in [0.05, 0.1) is 0 Å². The van der Waals surface area contributed by atoms with Gasteiger partial charge in [0.25, 0.3) is 6.29 Å². The zero-order chi connectivity index (χ0) is 14.2. The van der Waals surface area contributed by atoms with Crippen LogP contribution in [0.25, 0.3) is 0 Å². The quantitative estimate of drug-likeness (QED) is 0.919. The van der Waals surface area contributed by atoms with Crippen molar-refractivity contribution in [1.82, 2.24) is 4.90 Å². The second kappa shape index (κ2) is 4.87. The third-order valence-electron chi connectivity index (χ3n) is 3.88. The fourth-order valence-corrected chi connectivity index (χ4v) is 2.79. The molecule has 1 N–H and O–H groups in total. The Hall–Kier alpha value is -1.94. The van der Waals surface area contributed by atoms with Crippen LogP contribution in [0.5, 0.6) is 0 Å². The number of hydrogen-bond acceptors (Lipinski definition) is 4. The van der Waals surface area contributed by atoms with Gasteiger partial charge in [0.1, 0.15) is 18.1 Å². The van der Waals surface area contributed by atoms with Crippen LogP contribution in [0.2, 0.25) is 0 Å². The lowest BCUT2D eigenvalue weighted by Crippen LogP contribution is -2.23. The van der Waals surface area contributed by atoms with Crippen molar-refractivity contribution < 1.29 is 14.6 Å². The molecule has 0 amide bonds. The van der Waals surface area contributed by atoms with Gasteiger partial charge in [-0.15, -0.1) is 0 Å². The van der Waals surface area contributed by atoms with Crippen LogP contribution in [0.15, 0.2) is 48.6 Å². The van der Waals surface area contributed by atoms with E-state index in [9.17, 15) is 5.11 Å². The molecule has 1 aromatic carbocycles. The summed E-state index contributed by atoms with van der Waals surface area (Å²) in [6.45, 7) is 0. The molecule has 3 rings (SSSR count). The number of ether oxygens (including phenoxy) is 2. The molecule has 4 heteroatoms. The molecule has 0 radical (unpaired) electrons. The smallest absolute Gasteiger partial charge is 0.266 e. The molecular formula is C16H19NO3. The molecule has 0 aromatic heterocycles. The number of aliphatic hydroxyl groups is 1. The number of benzene rings is 1. The predicted octanol–water partition coefficient (Wildman–Crippen LogP) is 2.63. The highest BCUT2D eigenvalue weighted by Gasteiger charge is 2.37. The summed E-state index contributed by atoms with van der Waals surface area (Å²) in [6, 6.07) is 7.74.